The predicted molar refractivity (Wildman–Crippen MR) is 92.4 cm³/mol. The van der Waals surface area contributed by atoms with Gasteiger partial charge in [-0.3, -0.25) is 4.90 Å². The molecule has 0 amide bonds. The fourth-order valence-corrected chi connectivity index (χ4v) is 2.85. The molecule has 0 saturated heterocycles. The average Bonchev–Trinajstić information content (AvgIpc) is 3.17. The van der Waals surface area contributed by atoms with Crippen LogP contribution in [0.4, 0.5) is 0 Å². The van der Waals surface area contributed by atoms with Crippen LogP contribution in [-0.2, 0) is 6.54 Å². The first-order valence-electron chi connectivity index (χ1n) is 8.20. The third-order valence-electron chi connectivity index (χ3n) is 3.98. The molecule has 2 aromatic heterocycles. The van der Waals surface area contributed by atoms with E-state index >= 15 is 0 Å². The van der Waals surface area contributed by atoms with Crippen molar-refractivity contribution in [3.8, 4) is 23.1 Å². The van der Waals surface area contributed by atoms with E-state index in [-0.39, 0.29) is 6.10 Å². The van der Waals surface area contributed by atoms with E-state index in [1.54, 1.807) is 6.26 Å². The summed E-state index contributed by atoms with van der Waals surface area (Å²) in [4.78, 5) is 10.9. The van der Waals surface area contributed by atoms with E-state index in [0.29, 0.717) is 18.2 Å². The van der Waals surface area contributed by atoms with E-state index in [4.69, 9.17) is 13.9 Å². The maximum atomic E-state index is 6.00. The van der Waals surface area contributed by atoms with E-state index in [0.717, 1.165) is 30.2 Å². The first-order valence-corrected chi connectivity index (χ1v) is 8.20. The first-order chi connectivity index (χ1) is 12.3. The molecule has 25 heavy (non-hydrogen) atoms. The van der Waals surface area contributed by atoms with Crippen LogP contribution in [0.2, 0.25) is 0 Å². The van der Waals surface area contributed by atoms with Crippen LogP contribution in [0.5, 0.6) is 11.5 Å². The van der Waals surface area contributed by atoms with Crippen molar-refractivity contribution in [1.82, 2.24) is 14.9 Å². The average molecular weight is 337 g/mol. The highest BCUT2D eigenvalue weighted by Gasteiger charge is 2.22. The lowest BCUT2D eigenvalue weighted by atomic mass is 10.2. The number of furan rings is 1. The number of hydrogen-bond donors (Lipinski definition) is 0. The summed E-state index contributed by atoms with van der Waals surface area (Å²) in [6.45, 7) is 2.05. The van der Waals surface area contributed by atoms with E-state index < -0.39 is 0 Å². The van der Waals surface area contributed by atoms with Crippen molar-refractivity contribution in [3.05, 3.63) is 60.6 Å². The molecule has 1 aromatic carbocycles. The molecule has 4 rings (SSSR count). The van der Waals surface area contributed by atoms with Gasteiger partial charge in [-0.1, -0.05) is 12.1 Å². The lowest BCUT2D eigenvalue weighted by Gasteiger charge is -2.29. The molecule has 0 fully saturated rings. The van der Waals surface area contributed by atoms with E-state index in [9.17, 15) is 0 Å². The van der Waals surface area contributed by atoms with Crippen molar-refractivity contribution in [2.24, 2.45) is 0 Å². The number of rotatable bonds is 5. The topological polar surface area (TPSA) is 60.6 Å². The summed E-state index contributed by atoms with van der Waals surface area (Å²) in [5.74, 6) is 2.88. The number of ether oxygens (including phenoxy) is 2. The molecule has 0 spiro atoms. The number of nitrogens with zero attached hydrogens (tertiary/aromatic N) is 3. The molecule has 0 N–H and O–H groups in total. The lowest BCUT2D eigenvalue weighted by Crippen LogP contribution is -2.39. The van der Waals surface area contributed by atoms with Crippen LogP contribution in [0, 0.1) is 0 Å². The molecular weight excluding hydrogens is 318 g/mol. The highest BCUT2D eigenvalue weighted by atomic mass is 16.6. The SMILES string of the molecule is CN(Cc1cnc(-c2ccco2)nc1)CC1COc2ccccc2O1. The zero-order valence-electron chi connectivity index (χ0n) is 14.0. The summed E-state index contributed by atoms with van der Waals surface area (Å²) in [5.41, 5.74) is 1.04. The molecule has 3 aromatic rings. The van der Waals surface area contributed by atoms with Crippen LogP contribution < -0.4 is 9.47 Å². The van der Waals surface area contributed by atoms with Gasteiger partial charge in [-0.25, -0.2) is 9.97 Å². The van der Waals surface area contributed by atoms with Crippen molar-refractivity contribution in [2.45, 2.75) is 12.6 Å². The third-order valence-corrected chi connectivity index (χ3v) is 3.98. The molecule has 6 nitrogen and oxygen atoms in total. The van der Waals surface area contributed by atoms with E-state index in [1.165, 1.54) is 0 Å². The van der Waals surface area contributed by atoms with Crippen LogP contribution in [0.1, 0.15) is 5.56 Å². The Balaban J connectivity index is 1.34. The fraction of sp³-hybridized carbons (Fsp3) is 0.263. The van der Waals surface area contributed by atoms with Gasteiger partial charge in [0, 0.05) is 31.0 Å². The molecule has 0 aliphatic carbocycles. The number of benzene rings is 1. The van der Waals surface area contributed by atoms with Gasteiger partial charge in [-0.2, -0.15) is 0 Å². The lowest BCUT2D eigenvalue weighted by molar-refractivity contribution is 0.0637. The maximum absolute atomic E-state index is 6.00. The van der Waals surface area contributed by atoms with E-state index in [1.807, 2.05) is 55.8 Å². The smallest absolute Gasteiger partial charge is 0.195 e. The molecule has 1 aliphatic rings. The molecule has 0 saturated carbocycles. The summed E-state index contributed by atoms with van der Waals surface area (Å²) in [6, 6.07) is 11.4. The van der Waals surface area contributed by atoms with Crippen LogP contribution in [-0.4, -0.2) is 41.2 Å². The van der Waals surface area contributed by atoms with Gasteiger partial charge in [0.25, 0.3) is 0 Å². The van der Waals surface area contributed by atoms with Crippen molar-refractivity contribution >= 4 is 0 Å². The number of hydrogen-bond acceptors (Lipinski definition) is 6. The van der Waals surface area contributed by atoms with Gasteiger partial charge in [-0.05, 0) is 31.3 Å². The fourth-order valence-electron chi connectivity index (χ4n) is 2.85. The van der Waals surface area contributed by atoms with Gasteiger partial charge in [0.15, 0.2) is 23.1 Å². The predicted octanol–water partition coefficient (Wildman–Crippen LogP) is 3.01. The summed E-state index contributed by atoms with van der Waals surface area (Å²) in [5, 5.41) is 0. The number of likely N-dealkylation sites (N-methyl/N-ethyl adjacent to an activating group) is 1. The molecule has 3 heterocycles. The molecule has 6 heteroatoms. The Morgan fingerprint density at radius 1 is 1.08 bits per heavy atom. The standard InChI is InChI=1S/C19H19N3O3/c1-22(12-15-13-24-16-5-2-3-6-17(16)25-15)11-14-9-20-19(21-10-14)18-7-4-8-23-18/h2-10,15H,11-13H2,1H3. The van der Waals surface area contributed by atoms with Crippen molar-refractivity contribution < 1.29 is 13.9 Å². The second-order valence-electron chi connectivity index (χ2n) is 6.09. The van der Waals surface area contributed by atoms with Gasteiger partial charge in [0.05, 0.1) is 6.26 Å². The summed E-state index contributed by atoms with van der Waals surface area (Å²) in [7, 11) is 2.05. The number of fused-ring (bicyclic) bond motifs is 1. The normalized spacial score (nSPS) is 16.2. The summed E-state index contributed by atoms with van der Waals surface area (Å²) in [6.07, 6.45) is 5.28. The molecule has 0 radical (unpaired) electrons. The van der Waals surface area contributed by atoms with Gasteiger partial charge in [0.2, 0.25) is 0 Å². The minimum atomic E-state index is 0.00297. The number of aromatic nitrogens is 2. The Kier molecular flexibility index (Phi) is 4.35. The number of para-hydroxylation sites is 2. The highest BCUT2D eigenvalue weighted by molar-refractivity contribution is 5.45. The first kappa shape index (κ1) is 15.7. The van der Waals surface area contributed by atoms with Gasteiger partial charge in [-0.15, -0.1) is 0 Å². The Labute approximate surface area is 146 Å². The van der Waals surface area contributed by atoms with Crippen LogP contribution >= 0.6 is 0 Å². The minimum absolute atomic E-state index is 0.00297. The molecule has 128 valence electrons. The molecule has 1 unspecified atom stereocenters. The third kappa shape index (κ3) is 3.64. The molecule has 0 bridgehead atoms. The van der Waals surface area contributed by atoms with Crippen molar-refractivity contribution in [2.75, 3.05) is 20.2 Å². The molecule has 1 atom stereocenters. The van der Waals surface area contributed by atoms with E-state index in [2.05, 4.69) is 14.9 Å². The molecular formula is C19H19N3O3. The summed E-state index contributed by atoms with van der Waals surface area (Å²) >= 11 is 0. The second-order valence-corrected chi connectivity index (χ2v) is 6.09. The van der Waals surface area contributed by atoms with Crippen molar-refractivity contribution in [3.63, 3.8) is 0 Å². The van der Waals surface area contributed by atoms with Crippen LogP contribution in [0.15, 0.2) is 59.5 Å². The monoisotopic (exact) mass is 337 g/mol. The zero-order chi connectivity index (χ0) is 17.1. The van der Waals surface area contributed by atoms with Gasteiger partial charge < -0.3 is 13.9 Å². The Bertz CT molecular complexity index is 818. The Morgan fingerprint density at radius 2 is 1.88 bits per heavy atom. The minimum Gasteiger partial charge on any atom is -0.486 e. The summed E-state index contributed by atoms with van der Waals surface area (Å²) < 4.78 is 17.1. The Hall–Kier alpha value is -2.86. The van der Waals surface area contributed by atoms with Gasteiger partial charge in [0.1, 0.15) is 12.7 Å². The van der Waals surface area contributed by atoms with Gasteiger partial charge >= 0.3 is 0 Å². The van der Waals surface area contributed by atoms with Crippen LogP contribution in [0.3, 0.4) is 0 Å². The second kappa shape index (κ2) is 6.94. The zero-order valence-corrected chi connectivity index (χ0v) is 14.0. The van der Waals surface area contributed by atoms with Crippen molar-refractivity contribution in [1.29, 1.82) is 0 Å². The van der Waals surface area contributed by atoms with Crippen LogP contribution in [0.25, 0.3) is 11.6 Å². The maximum Gasteiger partial charge on any atom is 0.195 e. The Morgan fingerprint density at radius 3 is 2.64 bits per heavy atom. The largest absolute Gasteiger partial charge is 0.486 e. The quantitative estimate of drug-likeness (QED) is 0.713. The molecule has 1 aliphatic heterocycles. The highest BCUT2D eigenvalue weighted by Crippen LogP contribution is 2.31.